The molecule has 0 amide bonds. The Hall–Kier alpha value is -1.22. The summed E-state index contributed by atoms with van der Waals surface area (Å²) in [5.74, 6) is -0.315. The molecule has 2 rings (SSSR count). The van der Waals surface area contributed by atoms with Crippen molar-refractivity contribution in [3.8, 4) is 6.07 Å². The van der Waals surface area contributed by atoms with E-state index in [0.29, 0.717) is 24.2 Å². The van der Waals surface area contributed by atoms with Gasteiger partial charge in [0.15, 0.2) is 0 Å². The molecule has 0 bridgehead atoms. The van der Waals surface area contributed by atoms with E-state index >= 15 is 0 Å². The maximum atomic E-state index is 13.1. The lowest BCUT2D eigenvalue weighted by atomic mass is 10.1. The fourth-order valence-electron chi connectivity index (χ4n) is 1.58. The van der Waals surface area contributed by atoms with Crippen molar-refractivity contribution in [1.29, 1.82) is 5.26 Å². The number of benzene rings is 1. The van der Waals surface area contributed by atoms with Gasteiger partial charge in [0.25, 0.3) is 0 Å². The fraction of sp³-hybridized carbons (Fsp3) is 0.154. The average Bonchev–Trinajstić information content (AvgIpc) is 2.75. The number of thiophene rings is 1. The highest BCUT2D eigenvalue weighted by atomic mass is 79.9. The molecule has 0 aliphatic carbocycles. The smallest absolute Gasteiger partial charge is 0.123 e. The quantitative estimate of drug-likeness (QED) is 0.928. The van der Waals surface area contributed by atoms with Crippen LogP contribution in [0, 0.1) is 17.1 Å². The van der Waals surface area contributed by atoms with Crippen molar-refractivity contribution in [3.05, 3.63) is 55.9 Å². The number of hydrogen-bond donors (Lipinski definition) is 1. The molecule has 2 aromatic rings. The molecule has 0 aliphatic rings. The van der Waals surface area contributed by atoms with Crippen LogP contribution in [0.5, 0.6) is 0 Å². The summed E-state index contributed by atoms with van der Waals surface area (Å²) in [5.41, 5.74) is 1.20. The first-order chi connectivity index (χ1) is 8.69. The van der Waals surface area contributed by atoms with E-state index in [9.17, 15) is 4.39 Å². The third-order valence-electron chi connectivity index (χ3n) is 2.42. The van der Waals surface area contributed by atoms with Gasteiger partial charge in [0.1, 0.15) is 5.82 Å². The number of halogens is 2. The van der Waals surface area contributed by atoms with Gasteiger partial charge in [-0.15, -0.1) is 11.3 Å². The fourth-order valence-corrected chi connectivity index (χ4v) is 3.01. The molecule has 92 valence electrons. The van der Waals surface area contributed by atoms with Crippen molar-refractivity contribution < 1.29 is 4.39 Å². The second-order valence-corrected chi connectivity index (χ2v) is 5.66. The minimum atomic E-state index is -0.315. The molecule has 0 radical (unpaired) electrons. The summed E-state index contributed by atoms with van der Waals surface area (Å²) in [6.45, 7) is 1.19. The Kier molecular flexibility index (Phi) is 4.48. The number of nitrogens with one attached hydrogen (secondary N) is 1. The van der Waals surface area contributed by atoms with Gasteiger partial charge >= 0.3 is 0 Å². The van der Waals surface area contributed by atoms with Crippen LogP contribution in [0.15, 0.2) is 34.1 Å². The lowest BCUT2D eigenvalue weighted by molar-refractivity contribution is 0.620. The highest BCUT2D eigenvalue weighted by Gasteiger charge is 2.04. The zero-order valence-electron chi connectivity index (χ0n) is 9.41. The van der Waals surface area contributed by atoms with Crippen molar-refractivity contribution in [2.75, 3.05) is 0 Å². The highest BCUT2D eigenvalue weighted by molar-refractivity contribution is 9.10. The lowest BCUT2D eigenvalue weighted by Crippen LogP contribution is -2.13. The van der Waals surface area contributed by atoms with E-state index in [1.807, 2.05) is 11.4 Å². The van der Waals surface area contributed by atoms with Gasteiger partial charge in [-0.2, -0.15) is 5.26 Å². The molecule has 0 saturated carbocycles. The zero-order valence-corrected chi connectivity index (χ0v) is 11.8. The summed E-state index contributed by atoms with van der Waals surface area (Å²) in [6, 6.07) is 8.31. The Morgan fingerprint density at radius 3 is 2.83 bits per heavy atom. The van der Waals surface area contributed by atoms with Crippen molar-refractivity contribution >= 4 is 27.3 Å². The molecule has 1 N–H and O–H groups in total. The zero-order chi connectivity index (χ0) is 13.0. The Morgan fingerprint density at radius 1 is 1.33 bits per heavy atom. The van der Waals surface area contributed by atoms with Gasteiger partial charge in [-0.25, -0.2) is 4.39 Å². The van der Waals surface area contributed by atoms with Crippen LogP contribution < -0.4 is 5.32 Å². The molecule has 1 aromatic carbocycles. The van der Waals surface area contributed by atoms with Crippen LogP contribution in [0.3, 0.4) is 0 Å². The molecule has 1 heterocycles. The SMILES string of the molecule is N#Cc1ccc(F)cc1CNCc1cc(Br)cs1. The van der Waals surface area contributed by atoms with E-state index in [1.54, 1.807) is 11.3 Å². The third-order valence-corrected chi connectivity index (χ3v) is 4.12. The molecular weight excluding hydrogens is 315 g/mol. The third kappa shape index (κ3) is 3.39. The molecule has 0 saturated heterocycles. The average molecular weight is 325 g/mol. The van der Waals surface area contributed by atoms with E-state index in [-0.39, 0.29) is 5.82 Å². The van der Waals surface area contributed by atoms with E-state index in [1.165, 1.54) is 23.1 Å². The largest absolute Gasteiger partial charge is 0.308 e. The molecule has 0 unspecified atom stereocenters. The number of nitrogens with zero attached hydrogens (tertiary/aromatic N) is 1. The van der Waals surface area contributed by atoms with E-state index in [0.717, 1.165) is 4.47 Å². The van der Waals surface area contributed by atoms with Crippen molar-refractivity contribution in [2.24, 2.45) is 0 Å². The topological polar surface area (TPSA) is 35.8 Å². The standard InChI is InChI=1S/C13H10BrFN2S/c14-11-4-13(18-8-11)7-17-6-10-3-12(15)2-1-9(10)5-16/h1-4,8,17H,6-7H2. The molecule has 0 fully saturated rings. The van der Waals surface area contributed by atoms with Gasteiger partial charge in [-0.05, 0) is 45.8 Å². The molecular formula is C13H10BrFN2S. The molecule has 0 spiro atoms. The van der Waals surface area contributed by atoms with Crippen molar-refractivity contribution in [1.82, 2.24) is 5.32 Å². The summed E-state index contributed by atoms with van der Waals surface area (Å²) in [4.78, 5) is 1.19. The highest BCUT2D eigenvalue weighted by Crippen LogP contribution is 2.19. The minimum Gasteiger partial charge on any atom is -0.308 e. The van der Waals surface area contributed by atoms with Crippen LogP contribution in [-0.4, -0.2) is 0 Å². The van der Waals surface area contributed by atoms with Crippen LogP contribution in [-0.2, 0) is 13.1 Å². The lowest BCUT2D eigenvalue weighted by Gasteiger charge is -2.05. The Balaban J connectivity index is 1.98. The first-order valence-corrected chi connectivity index (χ1v) is 6.98. The second kappa shape index (κ2) is 6.10. The summed E-state index contributed by atoms with van der Waals surface area (Å²) < 4.78 is 14.2. The molecule has 18 heavy (non-hydrogen) atoms. The minimum absolute atomic E-state index is 0.315. The maximum absolute atomic E-state index is 13.1. The van der Waals surface area contributed by atoms with Crippen LogP contribution in [0.4, 0.5) is 4.39 Å². The molecule has 2 nitrogen and oxygen atoms in total. The molecule has 0 atom stereocenters. The van der Waals surface area contributed by atoms with Gasteiger partial charge in [0.05, 0.1) is 11.6 Å². The maximum Gasteiger partial charge on any atom is 0.123 e. The summed E-state index contributed by atoms with van der Waals surface area (Å²) in [7, 11) is 0. The second-order valence-electron chi connectivity index (χ2n) is 3.75. The van der Waals surface area contributed by atoms with Crippen LogP contribution in [0.25, 0.3) is 0 Å². The van der Waals surface area contributed by atoms with Gasteiger partial charge in [-0.1, -0.05) is 0 Å². The van der Waals surface area contributed by atoms with Gasteiger partial charge in [-0.3, -0.25) is 0 Å². The summed E-state index contributed by atoms with van der Waals surface area (Å²) >= 11 is 5.04. The Labute approximate surface area is 117 Å². The van der Waals surface area contributed by atoms with Crippen LogP contribution >= 0.6 is 27.3 Å². The Morgan fingerprint density at radius 2 is 2.17 bits per heavy atom. The van der Waals surface area contributed by atoms with E-state index < -0.39 is 0 Å². The predicted molar refractivity (Wildman–Crippen MR) is 73.7 cm³/mol. The van der Waals surface area contributed by atoms with Gasteiger partial charge in [0.2, 0.25) is 0 Å². The molecule has 1 aromatic heterocycles. The number of nitriles is 1. The number of hydrogen-bond acceptors (Lipinski definition) is 3. The van der Waals surface area contributed by atoms with E-state index in [4.69, 9.17) is 5.26 Å². The normalized spacial score (nSPS) is 10.3. The first kappa shape index (κ1) is 13.2. The van der Waals surface area contributed by atoms with Crippen molar-refractivity contribution in [3.63, 3.8) is 0 Å². The van der Waals surface area contributed by atoms with Crippen molar-refractivity contribution in [2.45, 2.75) is 13.1 Å². The Bertz CT molecular complexity index is 589. The molecule has 0 aliphatic heterocycles. The summed E-state index contributed by atoms with van der Waals surface area (Å²) in [5, 5.41) is 14.1. The summed E-state index contributed by atoms with van der Waals surface area (Å²) in [6.07, 6.45) is 0. The van der Waals surface area contributed by atoms with Gasteiger partial charge in [0, 0.05) is 27.8 Å². The number of rotatable bonds is 4. The first-order valence-electron chi connectivity index (χ1n) is 5.31. The predicted octanol–water partition coefficient (Wildman–Crippen LogP) is 3.81. The van der Waals surface area contributed by atoms with Crippen LogP contribution in [0.2, 0.25) is 0 Å². The monoisotopic (exact) mass is 324 g/mol. The molecule has 5 heteroatoms. The van der Waals surface area contributed by atoms with Crippen LogP contribution in [0.1, 0.15) is 16.0 Å². The van der Waals surface area contributed by atoms with Gasteiger partial charge < -0.3 is 5.32 Å². The van der Waals surface area contributed by atoms with E-state index in [2.05, 4.69) is 27.3 Å².